The minimum absolute atomic E-state index is 0.0335. The van der Waals surface area contributed by atoms with Crippen LogP contribution in [0.2, 0.25) is 0 Å². The summed E-state index contributed by atoms with van der Waals surface area (Å²) in [6.45, 7) is 4.08. The Morgan fingerprint density at radius 3 is 2.95 bits per heavy atom. The Labute approximate surface area is 128 Å². The van der Waals surface area contributed by atoms with Gasteiger partial charge in [-0.25, -0.2) is 0 Å². The van der Waals surface area contributed by atoms with E-state index in [0.29, 0.717) is 13.2 Å². The van der Waals surface area contributed by atoms with Crippen molar-refractivity contribution < 1.29 is 4.74 Å². The van der Waals surface area contributed by atoms with E-state index < -0.39 is 0 Å². The number of nitrogens with zero attached hydrogens (tertiary/aromatic N) is 2. The Balaban J connectivity index is 2.29. The molecule has 1 aromatic rings. The molecule has 0 spiro atoms. The molecule has 0 bridgehead atoms. The van der Waals surface area contributed by atoms with Crippen molar-refractivity contribution in [2.75, 3.05) is 19.7 Å². The van der Waals surface area contributed by atoms with Gasteiger partial charge >= 0.3 is 0 Å². The summed E-state index contributed by atoms with van der Waals surface area (Å²) >= 11 is 3.61. The molecule has 4 nitrogen and oxygen atoms in total. The van der Waals surface area contributed by atoms with Crippen LogP contribution in [0, 0.1) is 11.3 Å². The van der Waals surface area contributed by atoms with Gasteiger partial charge in [0.15, 0.2) is 6.10 Å². The molecule has 1 aliphatic heterocycles. The van der Waals surface area contributed by atoms with Gasteiger partial charge in [-0.3, -0.25) is 4.90 Å². The van der Waals surface area contributed by atoms with E-state index in [2.05, 4.69) is 39.9 Å². The summed E-state index contributed by atoms with van der Waals surface area (Å²) in [5, 5.41) is 9.07. The smallest absolute Gasteiger partial charge is 0.156 e. The largest absolute Gasteiger partial charge is 0.361 e. The van der Waals surface area contributed by atoms with Gasteiger partial charge in [0.1, 0.15) is 0 Å². The van der Waals surface area contributed by atoms with Gasteiger partial charge in [-0.1, -0.05) is 41.1 Å². The molecule has 0 amide bonds. The van der Waals surface area contributed by atoms with Crippen LogP contribution >= 0.6 is 15.9 Å². The number of hydrogen-bond acceptors (Lipinski definition) is 4. The summed E-state index contributed by atoms with van der Waals surface area (Å²) < 4.78 is 6.50. The second kappa shape index (κ2) is 7.19. The van der Waals surface area contributed by atoms with E-state index in [-0.39, 0.29) is 18.2 Å². The predicted molar refractivity (Wildman–Crippen MR) is 82.1 cm³/mol. The molecule has 1 aromatic carbocycles. The minimum Gasteiger partial charge on any atom is -0.361 e. The molecule has 2 N–H and O–H groups in total. The fraction of sp³-hybridized carbons (Fsp3) is 0.533. The monoisotopic (exact) mass is 337 g/mol. The standard InChI is InChI=1S/C15H20BrN3O/c1-2-14(18)15(12-5-3-4-6-13(12)16)19-7-8-20-11(9-17)10-19/h3-6,11,14-15H,2,7-8,10,18H2,1H3. The highest BCUT2D eigenvalue weighted by atomic mass is 79.9. The maximum Gasteiger partial charge on any atom is 0.156 e. The van der Waals surface area contributed by atoms with Crippen LogP contribution in [0.4, 0.5) is 0 Å². The first-order valence-electron chi connectivity index (χ1n) is 6.92. The molecule has 108 valence electrons. The predicted octanol–water partition coefficient (Wildman–Crippen LogP) is 2.45. The summed E-state index contributed by atoms with van der Waals surface area (Å²) in [5.74, 6) is 0. The molecule has 1 aliphatic rings. The van der Waals surface area contributed by atoms with Crippen LogP contribution in [-0.4, -0.2) is 36.7 Å². The minimum atomic E-state index is -0.363. The Morgan fingerprint density at radius 1 is 1.55 bits per heavy atom. The van der Waals surface area contributed by atoms with Gasteiger partial charge in [-0.2, -0.15) is 5.26 Å². The Kier molecular flexibility index (Phi) is 5.55. The molecule has 3 unspecified atom stereocenters. The third kappa shape index (κ3) is 3.39. The molecular formula is C15H20BrN3O. The topological polar surface area (TPSA) is 62.3 Å². The van der Waals surface area contributed by atoms with Gasteiger partial charge in [-0.05, 0) is 18.1 Å². The van der Waals surface area contributed by atoms with Gasteiger partial charge in [-0.15, -0.1) is 0 Å². The van der Waals surface area contributed by atoms with E-state index in [9.17, 15) is 0 Å². The maximum atomic E-state index is 9.07. The second-order valence-corrected chi connectivity index (χ2v) is 5.88. The molecule has 1 saturated heterocycles. The first kappa shape index (κ1) is 15.5. The molecule has 0 aliphatic carbocycles. The maximum absolute atomic E-state index is 9.07. The van der Waals surface area contributed by atoms with E-state index >= 15 is 0 Å². The molecule has 1 fully saturated rings. The van der Waals surface area contributed by atoms with Gasteiger partial charge in [0.05, 0.1) is 18.7 Å². The molecule has 0 saturated carbocycles. The zero-order valence-electron chi connectivity index (χ0n) is 11.6. The van der Waals surface area contributed by atoms with Crippen molar-refractivity contribution in [1.29, 1.82) is 5.26 Å². The van der Waals surface area contributed by atoms with E-state index in [1.165, 1.54) is 5.56 Å². The summed E-state index contributed by atoms with van der Waals surface area (Å²) in [6.07, 6.45) is 0.526. The van der Waals surface area contributed by atoms with Crippen molar-refractivity contribution in [3.8, 4) is 6.07 Å². The fourth-order valence-corrected chi connectivity index (χ4v) is 3.16. The molecule has 1 heterocycles. The number of benzene rings is 1. The molecule has 0 radical (unpaired) electrons. The van der Waals surface area contributed by atoms with Gasteiger partial charge in [0.25, 0.3) is 0 Å². The third-order valence-electron chi connectivity index (χ3n) is 3.74. The number of morpholine rings is 1. The number of nitrogens with two attached hydrogens (primary N) is 1. The van der Waals surface area contributed by atoms with Crippen LogP contribution in [0.1, 0.15) is 24.9 Å². The van der Waals surface area contributed by atoms with E-state index in [1.54, 1.807) is 0 Å². The first-order chi connectivity index (χ1) is 9.67. The average Bonchev–Trinajstić information content (AvgIpc) is 2.49. The third-order valence-corrected chi connectivity index (χ3v) is 4.46. The summed E-state index contributed by atoms with van der Waals surface area (Å²) in [4.78, 5) is 2.27. The molecule has 2 rings (SSSR count). The van der Waals surface area contributed by atoms with Crippen LogP contribution in [0.3, 0.4) is 0 Å². The van der Waals surface area contributed by atoms with Crippen molar-refractivity contribution >= 4 is 15.9 Å². The van der Waals surface area contributed by atoms with Crippen LogP contribution in [0.15, 0.2) is 28.7 Å². The normalized spacial score (nSPS) is 23.0. The Bertz CT molecular complexity index is 488. The highest BCUT2D eigenvalue weighted by molar-refractivity contribution is 9.10. The van der Waals surface area contributed by atoms with Gasteiger partial charge in [0.2, 0.25) is 0 Å². The van der Waals surface area contributed by atoms with E-state index in [4.69, 9.17) is 15.7 Å². The van der Waals surface area contributed by atoms with Crippen molar-refractivity contribution in [2.45, 2.75) is 31.5 Å². The number of nitriles is 1. The van der Waals surface area contributed by atoms with Gasteiger partial charge in [0, 0.05) is 23.6 Å². The number of halogens is 1. The average molecular weight is 338 g/mol. The van der Waals surface area contributed by atoms with E-state index in [0.717, 1.165) is 17.4 Å². The lowest BCUT2D eigenvalue weighted by atomic mass is 9.95. The summed E-state index contributed by atoms with van der Waals surface area (Å²) in [6, 6.07) is 10.5. The number of rotatable bonds is 4. The fourth-order valence-electron chi connectivity index (χ4n) is 2.64. The van der Waals surface area contributed by atoms with Gasteiger partial charge < -0.3 is 10.5 Å². The SMILES string of the molecule is CCC(N)C(c1ccccc1Br)N1CCOC(C#N)C1. The molecule has 5 heteroatoms. The number of ether oxygens (including phenoxy) is 1. The highest BCUT2D eigenvalue weighted by Crippen LogP contribution is 2.31. The summed E-state index contributed by atoms with van der Waals surface area (Å²) in [5.41, 5.74) is 7.53. The zero-order chi connectivity index (χ0) is 14.5. The van der Waals surface area contributed by atoms with E-state index in [1.807, 2.05) is 18.2 Å². The molecule has 3 atom stereocenters. The van der Waals surface area contributed by atoms with Crippen LogP contribution in [-0.2, 0) is 4.74 Å². The van der Waals surface area contributed by atoms with Crippen molar-refractivity contribution in [2.24, 2.45) is 5.73 Å². The van der Waals surface area contributed by atoms with Crippen LogP contribution in [0.25, 0.3) is 0 Å². The molecular weight excluding hydrogens is 318 g/mol. The number of hydrogen-bond donors (Lipinski definition) is 1. The Hall–Kier alpha value is -0.930. The van der Waals surface area contributed by atoms with Crippen molar-refractivity contribution in [3.05, 3.63) is 34.3 Å². The lowest BCUT2D eigenvalue weighted by Crippen LogP contribution is -2.49. The molecule has 0 aromatic heterocycles. The second-order valence-electron chi connectivity index (χ2n) is 5.02. The lowest BCUT2D eigenvalue weighted by molar-refractivity contribution is -0.0223. The first-order valence-corrected chi connectivity index (χ1v) is 7.72. The quantitative estimate of drug-likeness (QED) is 0.916. The van der Waals surface area contributed by atoms with Crippen molar-refractivity contribution in [3.63, 3.8) is 0 Å². The van der Waals surface area contributed by atoms with Crippen LogP contribution < -0.4 is 5.73 Å². The zero-order valence-corrected chi connectivity index (χ0v) is 13.2. The Morgan fingerprint density at radius 2 is 2.30 bits per heavy atom. The van der Waals surface area contributed by atoms with Crippen molar-refractivity contribution in [1.82, 2.24) is 4.90 Å². The molecule has 20 heavy (non-hydrogen) atoms. The summed E-state index contributed by atoms with van der Waals surface area (Å²) in [7, 11) is 0. The van der Waals surface area contributed by atoms with Crippen LogP contribution in [0.5, 0.6) is 0 Å². The lowest BCUT2D eigenvalue weighted by Gasteiger charge is -2.39. The highest BCUT2D eigenvalue weighted by Gasteiger charge is 2.31.